The van der Waals surface area contributed by atoms with Crippen molar-refractivity contribution >= 4 is 33.2 Å². The van der Waals surface area contributed by atoms with Crippen LogP contribution >= 0.6 is 22.9 Å². The number of fused-ring (bicyclic) bond motifs is 1. The van der Waals surface area contributed by atoms with Gasteiger partial charge in [0.2, 0.25) is 0 Å². The first-order valence-corrected chi connectivity index (χ1v) is 14.0. The Bertz CT molecular complexity index is 1580. The molecule has 0 unspecified atom stereocenters. The highest BCUT2D eigenvalue weighted by Gasteiger charge is 2.22. The zero-order valence-electron chi connectivity index (χ0n) is 21.5. The van der Waals surface area contributed by atoms with Gasteiger partial charge in [-0.2, -0.15) is 0 Å². The molecule has 0 saturated carbocycles. The molecule has 0 aliphatic carbocycles. The molecule has 38 heavy (non-hydrogen) atoms. The van der Waals surface area contributed by atoms with E-state index >= 15 is 0 Å². The average Bonchev–Trinajstić information content (AvgIpc) is 3.18. The smallest absolute Gasteiger partial charge is 0.331 e. The Balaban J connectivity index is 1.51. The molecule has 0 bridgehead atoms. The molecule has 4 aromatic rings. The summed E-state index contributed by atoms with van der Waals surface area (Å²) in [6.45, 7) is 4.89. The average molecular weight is 555 g/mol. The highest BCUT2D eigenvalue weighted by atomic mass is 35.5. The van der Waals surface area contributed by atoms with Crippen molar-refractivity contribution in [1.29, 1.82) is 0 Å². The van der Waals surface area contributed by atoms with E-state index in [1.807, 2.05) is 31.2 Å². The number of hydrogen-bond donors (Lipinski definition) is 1. The molecule has 3 aromatic heterocycles. The van der Waals surface area contributed by atoms with E-state index in [9.17, 15) is 14.7 Å². The van der Waals surface area contributed by atoms with Gasteiger partial charge in [0.05, 0.1) is 23.4 Å². The third kappa shape index (κ3) is 5.56. The van der Waals surface area contributed by atoms with Crippen LogP contribution in [0.4, 0.5) is 0 Å². The lowest BCUT2D eigenvalue weighted by Gasteiger charge is -2.22. The second-order valence-electron chi connectivity index (χ2n) is 9.75. The summed E-state index contributed by atoms with van der Waals surface area (Å²) in [6.07, 6.45) is 6.15. The van der Waals surface area contributed by atoms with Crippen molar-refractivity contribution in [2.75, 3.05) is 26.2 Å². The van der Waals surface area contributed by atoms with Gasteiger partial charge in [-0.3, -0.25) is 14.3 Å². The lowest BCUT2D eigenvalue weighted by Crippen LogP contribution is -2.37. The Morgan fingerprint density at radius 3 is 2.82 bits per heavy atom. The Labute approximate surface area is 229 Å². The maximum absolute atomic E-state index is 12.6. The van der Waals surface area contributed by atoms with Crippen LogP contribution in [0.3, 0.4) is 0 Å². The van der Waals surface area contributed by atoms with Crippen molar-refractivity contribution in [2.24, 2.45) is 7.05 Å². The second-order valence-corrected chi connectivity index (χ2v) is 11.3. The highest BCUT2D eigenvalue weighted by molar-refractivity contribution is 7.19. The summed E-state index contributed by atoms with van der Waals surface area (Å²) in [5, 5.41) is 9.95. The summed E-state index contributed by atoms with van der Waals surface area (Å²) in [5.41, 5.74) is 2.92. The Morgan fingerprint density at radius 2 is 2.00 bits per heavy atom. The van der Waals surface area contributed by atoms with Crippen molar-refractivity contribution in [3.8, 4) is 16.9 Å². The molecule has 0 radical (unpaired) electrons. The number of nitrogens with zero attached hydrogens (tertiary/aromatic N) is 4. The number of β-amino-alcohol motifs (C(OH)–C–C–N with tert-alkyl or cyclic N) is 1. The maximum atomic E-state index is 12.6. The minimum Gasteiger partial charge on any atom is -0.489 e. The molecule has 1 fully saturated rings. The molecular formula is C28H31ClN4O4S. The molecule has 1 aromatic carbocycles. The van der Waals surface area contributed by atoms with Crippen molar-refractivity contribution in [3.63, 3.8) is 0 Å². The van der Waals surface area contributed by atoms with Gasteiger partial charge in [-0.1, -0.05) is 11.6 Å². The SMILES string of the molecule is Cc1cc(Cl)cc(-c2ccnc3cc(Cn4c(=O)ccn(C)c4=O)sc23)c1O[C@H]1CCCN(CCO)CC1. The Morgan fingerprint density at radius 1 is 1.16 bits per heavy atom. The Hall–Kier alpha value is -2.98. The van der Waals surface area contributed by atoms with E-state index in [1.165, 1.54) is 32.7 Å². The van der Waals surface area contributed by atoms with Crippen LogP contribution in [0.15, 0.2) is 52.3 Å². The lowest BCUT2D eigenvalue weighted by atomic mass is 10.0. The van der Waals surface area contributed by atoms with Gasteiger partial charge >= 0.3 is 5.69 Å². The summed E-state index contributed by atoms with van der Waals surface area (Å²) in [7, 11) is 1.63. The number of benzene rings is 1. The predicted octanol–water partition coefficient (Wildman–Crippen LogP) is 4.06. The molecule has 1 atom stereocenters. The van der Waals surface area contributed by atoms with Gasteiger partial charge in [-0.05, 0) is 62.6 Å². The fourth-order valence-electron chi connectivity index (χ4n) is 5.05. The molecule has 8 nitrogen and oxygen atoms in total. The van der Waals surface area contributed by atoms with E-state index in [4.69, 9.17) is 16.3 Å². The van der Waals surface area contributed by atoms with Crippen molar-refractivity contribution in [2.45, 2.75) is 38.8 Å². The highest BCUT2D eigenvalue weighted by Crippen LogP contribution is 2.42. The van der Waals surface area contributed by atoms with Gasteiger partial charge < -0.3 is 19.3 Å². The van der Waals surface area contributed by atoms with Crippen LogP contribution in [0.5, 0.6) is 5.75 Å². The molecule has 200 valence electrons. The number of aromatic nitrogens is 3. The molecule has 0 spiro atoms. The standard InChI is InChI=1S/C28H31ClN4O4S/c1-18-14-19(29)15-23(26(18)37-20-4-3-9-32(11-6-20)12-13-34)22-5-8-30-24-16-21(38-27(22)24)17-33-25(35)7-10-31(2)28(33)36/h5,7-8,10,14-16,20,34H,3-4,6,9,11-13,17H2,1-2H3/t20-/m0/s1. The molecular weight excluding hydrogens is 524 g/mol. The molecule has 1 aliphatic heterocycles. The predicted molar refractivity (Wildman–Crippen MR) is 152 cm³/mol. The first-order valence-electron chi connectivity index (χ1n) is 12.8. The first-order chi connectivity index (χ1) is 18.3. The number of aliphatic hydroxyl groups excluding tert-OH is 1. The van der Waals surface area contributed by atoms with Crippen LogP contribution in [0.2, 0.25) is 5.02 Å². The summed E-state index contributed by atoms with van der Waals surface area (Å²) < 4.78 is 10.3. The zero-order valence-corrected chi connectivity index (χ0v) is 23.1. The van der Waals surface area contributed by atoms with Crippen molar-refractivity contribution < 1.29 is 9.84 Å². The van der Waals surface area contributed by atoms with Gasteiger partial charge in [-0.15, -0.1) is 11.3 Å². The van der Waals surface area contributed by atoms with Crippen molar-refractivity contribution in [1.82, 2.24) is 19.0 Å². The third-order valence-corrected chi connectivity index (χ3v) is 8.37. The quantitative estimate of drug-likeness (QED) is 0.370. The molecule has 0 amide bonds. The molecule has 4 heterocycles. The minimum atomic E-state index is -0.356. The fourth-order valence-corrected chi connectivity index (χ4v) is 6.46. The number of pyridine rings is 1. The van der Waals surface area contributed by atoms with E-state index in [2.05, 4.69) is 9.88 Å². The molecule has 10 heteroatoms. The first kappa shape index (κ1) is 26.6. The largest absolute Gasteiger partial charge is 0.489 e. The van der Waals surface area contributed by atoms with Crippen LogP contribution in [0, 0.1) is 6.92 Å². The zero-order chi connectivity index (χ0) is 26.8. The number of ether oxygens (including phenoxy) is 1. The van der Waals surface area contributed by atoms with Crippen LogP contribution in [-0.2, 0) is 13.6 Å². The van der Waals surface area contributed by atoms with Crippen LogP contribution in [0.25, 0.3) is 21.3 Å². The number of thiophene rings is 1. The lowest BCUT2D eigenvalue weighted by molar-refractivity contribution is 0.170. The summed E-state index contributed by atoms with van der Waals surface area (Å²) >= 11 is 8.05. The maximum Gasteiger partial charge on any atom is 0.331 e. The van der Waals surface area contributed by atoms with Crippen LogP contribution in [-0.4, -0.2) is 56.5 Å². The van der Waals surface area contributed by atoms with Crippen LogP contribution < -0.4 is 16.0 Å². The molecule has 1 aliphatic rings. The summed E-state index contributed by atoms with van der Waals surface area (Å²) in [6, 6.07) is 9.15. The van der Waals surface area contributed by atoms with Gasteiger partial charge in [0.1, 0.15) is 11.9 Å². The normalized spacial score (nSPS) is 16.6. The Kier molecular flexibility index (Phi) is 7.99. The minimum absolute atomic E-state index is 0.0645. The van der Waals surface area contributed by atoms with Gasteiger partial charge in [-0.25, -0.2) is 4.79 Å². The van der Waals surface area contributed by atoms with Gasteiger partial charge in [0.25, 0.3) is 5.56 Å². The van der Waals surface area contributed by atoms with E-state index < -0.39 is 0 Å². The number of likely N-dealkylation sites (tertiary alicyclic amines) is 1. The van der Waals surface area contributed by atoms with E-state index in [1.54, 1.807) is 13.2 Å². The number of rotatable bonds is 7. The second kappa shape index (κ2) is 11.4. The van der Waals surface area contributed by atoms with E-state index in [-0.39, 0.29) is 30.5 Å². The monoisotopic (exact) mass is 554 g/mol. The molecule has 1 saturated heterocycles. The van der Waals surface area contributed by atoms with E-state index in [0.717, 1.165) is 69.9 Å². The number of halogens is 1. The molecule has 1 N–H and O–H groups in total. The van der Waals surface area contributed by atoms with Crippen LogP contribution in [0.1, 0.15) is 29.7 Å². The van der Waals surface area contributed by atoms with E-state index in [0.29, 0.717) is 11.6 Å². The number of aryl methyl sites for hydroxylation is 2. The van der Waals surface area contributed by atoms with Crippen molar-refractivity contribution in [3.05, 3.63) is 79.0 Å². The number of hydrogen-bond acceptors (Lipinski definition) is 7. The topological polar surface area (TPSA) is 89.6 Å². The summed E-state index contributed by atoms with van der Waals surface area (Å²) in [4.78, 5) is 32.6. The molecule has 5 rings (SSSR count). The summed E-state index contributed by atoms with van der Waals surface area (Å²) in [5.74, 6) is 0.811. The third-order valence-electron chi connectivity index (χ3n) is 7.01. The van der Waals surface area contributed by atoms with Gasteiger partial charge in [0.15, 0.2) is 0 Å². The number of aliphatic hydroxyl groups is 1. The van der Waals surface area contributed by atoms with Gasteiger partial charge in [0, 0.05) is 59.6 Å². The fraction of sp³-hybridized carbons (Fsp3) is 0.393.